The van der Waals surface area contributed by atoms with Crippen molar-refractivity contribution < 1.29 is 9.90 Å². The smallest absolute Gasteiger partial charge is 0.335 e. The maximum atomic E-state index is 12.4. The monoisotopic (exact) mass is 309 g/mol. The standard InChI is InChI=1S/C17H15N3O3/c1-2-10-3-5-11(6-4-10)15-19-14-9-12(17(22)23)7-8-13(14)16(21)20(15)18/h3-9H,2,18H2,1H3,(H,22,23). The summed E-state index contributed by atoms with van der Waals surface area (Å²) in [5, 5.41) is 9.36. The van der Waals surface area contributed by atoms with E-state index in [0.717, 1.165) is 16.7 Å². The SMILES string of the molecule is CCc1ccc(-c2nc3cc(C(=O)O)ccc3c(=O)n2N)cc1. The lowest BCUT2D eigenvalue weighted by Crippen LogP contribution is -2.30. The van der Waals surface area contributed by atoms with Crippen molar-refractivity contribution in [3.8, 4) is 11.4 Å². The first-order chi connectivity index (χ1) is 11.0. The van der Waals surface area contributed by atoms with Crippen LogP contribution in [0.4, 0.5) is 0 Å². The number of rotatable bonds is 3. The van der Waals surface area contributed by atoms with Gasteiger partial charge >= 0.3 is 5.97 Å². The van der Waals surface area contributed by atoms with Gasteiger partial charge in [0.15, 0.2) is 5.82 Å². The van der Waals surface area contributed by atoms with Crippen molar-refractivity contribution in [2.24, 2.45) is 0 Å². The number of nitrogens with two attached hydrogens (primary N) is 1. The van der Waals surface area contributed by atoms with Crippen molar-refractivity contribution in [1.29, 1.82) is 0 Å². The summed E-state index contributed by atoms with van der Waals surface area (Å²) in [6, 6.07) is 11.8. The quantitative estimate of drug-likeness (QED) is 0.721. The number of benzene rings is 2. The molecular weight excluding hydrogens is 294 g/mol. The highest BCUT2D eigenvalue weighted by molar-refractivity contribution is 5.93. The van der Waals surface area contributed by atoms with Gasteiger partial charge in [-0.3, -0.25) is 4.79 Å². The van der Waals surface area contributed by atoms with Crippen LogP contribution >= 0.6 is 0 Å². The fourth-order valence-corrected chi connectivity index (χ4v) is 2.43. The molecule has 0 bridgehead atoms. The fourth-order valence-electron chi connectivity index (χ4n) is 2.43. The number of hydrogen-bond donors (Lipinski definition) is 2. The minimum Gasteiger partial charge on any atom is -0.478 e. The summed E-state index contributed by atoms with van der Waals surface area (Å²) < 4.78 is 0.990. The number of hydrogen-bond acceptors (Lipinski definition) is 4. The molecule has 0 unspecified atom stereocenters. The first kappa shape index (κ1) is 14.8. The zero-order chi connectivity index (χ0) is 16.6. The number of fused-ring (bicyclic) bond motifs is 1. The van der Waals surface area contributed by atoms with Crippen LogP contribution in [0, 0.1) is 0 Å². The first-order valence-corrected chi connectivity index (χ1v) is 7.15. The zero-order valence-corrected chi connectivity index (χ0v) is 12.5. The normalized spacial score (nSPS) is 10.8. The summed E-state index contributed by atoms with van der Waals surface area (Å²) in [7, 11) is 0. The summed E-state index contributed by atoms with van der Waals surface area (Å²) in [4.78, 5) is 27.8. The van der Waals surface area contributed by atoms with Gasteiger partial charge in [-0.05, 0) is 30.2 Å². The zero-order valence-electron chi connectivity index (χ0n) is 12.5. The van der Waals surface area contributed by atoms with Crippen LogP contribution in [0.1, 0.15) is 22.8 Å². The molecular formula is C17H15N3O3. The number of aromatic nitrogens is 2. The van der Waals surface area contributed by atoms with Gasteiger partial charge in [0.05, 0.1) is 16.5 Å². The van der Waals surface area contributed by atoms with Crippen molar-refractivity contribution in [2.75, 3.05) is 5.84 Å². The highest BCUT2D eigenvalue weighted by Crippen LogP contribution is 2.19. The van der Waals surface area contributed by atoms with Crippen molar-refractivity contribution in [3.05, 3.63) is 63.9 Å². The molecule has 0 saturated carbocycles. The number of nitrogen functional groups attached to an aromatic ring is 1. The second-order valence-corrected chi connectivity index (χ2v) is 5.20. The molecule has 0 fully saturated rings. The molecule has 0 aliphatic carbocycles. The highest BCUT2D eigenvalue weighted by atomic mass is 16.4. The summed E-state index contributed by atoms with van der Waals surface area (Å²) in [5.41, 5.74) is 1.83. The Morgan fingerprint density at radius 3 is 2.52 bits per heavy atom. The maximum absolute atomic E-state index is 12.4. The molecule has 1 aromatic heterocycles. The molecule has 0 atom stereocenters. The van der Waals surface area contributed by atoms with Crippen molar-refractivity contribution in [1.82, 2.24) is 9.66 Å². The van der Waals surface area contributed by atoms with Gasteiger partial charge in [-0.2, -0.15) is 0 Å². The number of carboxylic acid groups (broad SMARTS) is 1. The van der Waals surface area contributed by atoms with E-state index < -0.39 is 11.5 Å². The van der Waals surface area contributed by atoms with Gasteiger partial charge in [0.1, 0.15) is 0 Å². The van der Waals surface area contributed by atoms with E-state index in [1.807, 2.05) is 24.3 Å². The summed E-state index contributed by atoms with van der Waals surface area (Å²) in [6.45, 7) is 2.05. The Kier molecular flexibility index (Phi) is 3.57. The van der Waals surface area contributed by atoms with Gasteiger partial charge in [-0.25, -0.2) is 14.5 Å². The molecule has 0 aliphatic heterocycles. The molecule has 3 rings (SSSR count). The lowest BCUT2D eigenvalue weighted by atomic mass is 10.1. The van der Waals surface area contributed by atoms with Crippen LogP contribution in [0.2, 0.25) is 0 Å². The third-order valence-corrected chi connectivity index (χ3v) is 3.77. The number of nitrogens with zero attached hydrogens (tertiary/aromatic N) is 2. The Labute approximate surface area is 131 Å². The molecule has 2 aromatic carbocycles. The molecule has 0 saturated heterocycles. The first-order valence-electron chi connectivity index (χ1n) is 7.15. The van der Waals surface area contributed by atoms with E-state index in [9.17, 15) is 9.59 Å². The third-order valence-electron chi connectivity index (χ3n) is 3.77. The molecule has 6 heteroatoms. The van der Waals surface area contributed by atoms with E-state index >= 15 is 0 Å². The molecule has 116 valence electrons. The van der Waals surface area contributed by atoms with E-state index in [2.05, 4.69) is 11.9 Å². The van der Waals surface area contributed by atoms with E-state index in [1.54, 1.807) is 0 Å². The molecule has 1 heterocycles. The number of aromatic carboxylic acids is 1. The summed E-state index contributed by atoms with van der Waals surface area (Å²) >= 11 is 0. The molecule has 3 N–H and O–H groups in total. The van der Waals surface area contributed by atoms with Crippen LogP contribution < -0.4 is 11.4 Å². The van der Waals surface area contributed by atoms with Gasteiger partial charge in [-0.15, -0.1) is 0 Å². The van der Waals surface area contributed by atoms with E-state index in [4.69, 9.17) is 10.9 Å². The second kappa shape index (κ2) is 5.57. The summed E-state index contributed by atoms with van der Waals surface area (Å²) in [6.07, 6.45) is 0.906. The van der Waals surface area contributed by atoms with Crippen LogP contribution in [-0.4, -0.2) is 20.7 Å². The van der Waals surface area contributed by atoms with Crippen LogP contribution in [0.15, 0.2) is 47.3 Å². The second-order valence-electron chi connectivity index (χ2n) is 5.20. The largest absolute Gasteiger partial charge is 0.478 e. The van der Waals surface area contributed by atoms with Gasteiger partial charge in [0, 0.05) is 5.56 Å². The van der Waals surface area contributed by atoms with Gasteiger partial charge < -0.3 is 10.9 Å². The molecule has 23 heavy (non-hydrogen) atoms. The minimum absolute atomic E-state index is 0.0754. The Balaban J connectivity index is 2.25. The number of carboxylic acids is 1. The Morgan fingerprint density at radius 2 is 1.91 bits per heavy atom. The predicted molar refractivity (Wildman–Crippen MR) is 87.9 cm³/mol. The third kappa shape index (κ3) is 2.55. The Morgan fingerprint density at radius 1 is 1.22 bits per heavy atom. The number of carbonyl (C=O) groups is 1. The maximum Gasteiger partial charge on any atom is 0.335 e. The number of aryl methyl sites for hydroxylation is 1. The van der Waals surface area contributed by atoms with Crippen LogP contribution in [0.5, 0.6) is 0 Å². The molecule has 6 nitrogen and oxygen atoms in total. The van der Waals surface area contributed by atoms with Crippen LogP contribution in [-0.2, 0) is 6.42 Å². The van der Waals surface area contributed by atoms with E-state index in [-0.39, 0.29) is 10.9 Å². The average molecular weight is 309 g/mol. The fraction of sp³-hybridized carbons (Fsp3) is 0.118. The Bertz CT molecular complexity index is 959. The van der Waals surface area contributed by atoms with E-state index in [0.29, 0.717) is 16.9 Å². The van der Waals surface area contributed by atoms with Crippen molar-refractivity contribution in [2.45, 2.75) is 13.3 Å². The van der Waals surface area contributed by atoms with Gasteiger partial charge in [0.2, 0.25) is 0 Å². The lowest BCUT2D eigenvalue weighted by Gasteiger charge is -2.10. The average Bonchev–Trinajstić information content (AvgIpc) is 2.57. The van der Waals surface area contributed by atoms with Crippen LogP contribution in [0.25, 0.3) is 22.3 Å². The molecule has 0 spiro atoms. The van der Waals surface area contributed by atoms with Gasteiger partial charge in [-0.1, -0.05) is 31.2 Å². The predicted octanol–water partition coefficient (Wildman–Crippen LogP) is 2.04. The summed E-state index contributed by atoms with van der Waals surface area (Å²) in [5.74, 6) is 5.10. The highest BCUT2D eigenvalue weighted by Gasteiger charge is 2.13. The van der Waals surface area contributed by atoms with Crippen LogP contribution in [0.3, 0.4) is 0 Å². The van der Waals surface area contributed by atoms with E-state index in [1.165, 1.54) is 18.2 Å². The molecule has 3 aromatic rings. The topological polar surface area (TPSA) is 98.2 Å². The van der Waals surface area contributed by atoms with Crippen molar-refractivity contribution >= 4 is 16.9 Å². The van der Waals surface area contributed by atoms with Gasteiger partial charge in [0.25, 0.3) is 5.56 Å². The van der Waals surface area contributed by atoms with Crippen molar-refractivity contribution in [3.63, 3.8) is 0 Å². The molecule has 0 amide bonds. The molecule has 0 radical (unpaired) electrons. The lowest BCUT2D eigenvalue weighted by molar-refractivity contribution is 0.0697. The Hall–Kier alpha value is -3.15. The minimum atomic E-state index is -1.07. The molecule has 0 aliphatic rings.